The van der Waals surface area contributed by atoms with Crippen LogP contribution in [0.5, 0.6) is 0 Å². The monoisotopic (exact) mass is 271 g/mol. The molecule has 0 spiro atoms. The highest BCUT2D eigenvalue weighted by molar-refractivity contribution is 7.99. The fourth-order valence-corrected chi connectivity index (χ4v) is 3.32. The predicted molar refractivity (Wildman–Crippen MR) is 71.2 cm³/mol. The molecular formula is C12H14ClNO2S. The smallest absolute Gasteiger partial charge is 0.305 e. The van der Waals surface area contributed by atoms with E-state index in [1.165, 1.54) is 0 Å². The summed E-state index contributed by atoms with van der Waals surface area (Å²) in [4.78, 5) is 14.0. The molecule has 2 rings (SSSR count). The van der Waals surface area contributed by atoms with E-state index >= 15 is 0 Å². The number of thioether (sulfide) groups is 1. The van der Waals surface area contributed by atoms with E-state index < -0.39 is 5.97 Å². The lowest BCUT2D eigenvalue weighted by Gasteiger charge is -2.36. The van der Waals surface area contributed by atoms with Gasteiger partial charge in [-0.15, -0.1) is 11.8 Å². The van der Waals surface area contributed by atoms with Crippen LogP contribution in [0.1, 0.15) is 13.3 Å². The second-order valence-corrected chi connectivity index (χ2v) is 5.61. The number of fused-ring (bicyclic) bond motifs is 1. The molecule has 1 atom stereocenters. The minimum atomic E-state index is -0.758. The molecule has 92 valence electrons. The van der Waals surface area contributed by atoms with Crippen molar-refractivity contribution >= 4 is 35.0 Å². The Bertz CT molecular complexity index is 439. The zero-order valence-electron chi connectivity index (χ0n) is 9.52. The minimum Gasteiger partial charge on any atom is -0.481 e. The SMILES string of the molecule is CC1CSc2cc(Cl)ccc2N1CCC(=O)O. The van der Waals surface area contributed by atoms with Crippen molar-refractivity contribution in [3.63, 3.8) is 0 Å². The van der Waals surface area contributed by atoms with Crippen molar-refractivity contribution in [1.29, 1.82) is 0 Å². The second-order valence-electron chi connectivity index (χ2n) is 4.11. The molecule has 17 heavy (non-hydrogen) atoms. The molecule has 1 aromatic rings. The van der Waals surface area contributed by atoms with Crippen LogP contribution in [0.2, 0.25) is 5.02 Å². The van der Waals surface area contributed by atoms with Crippen molar-refractivity contribution in [2.24, 2.45) is 0 Å². The van der Waals surface area contributed by atoms with Crippen molar-refractivity contribution in [2.45, 2.75) is 24.3 Å². The van der Waals surface area contributed by atoms with Gasteiger partial charge in [-0.25, -0.2) is 0 Å². The number of rotatable bonds is 3. The Morgan fingerprint density at radius 3 is 3.12 bits per heavy atom. The molecule has 0 aromatic heterocycles. The Morgan fingerprint density at radius 2 is 2.41 bits per heavy atom. The van der Waals surface area contributed by atoms with Crippen LogP contribution in [0.15, 0.2) is 23.1 Å². The van der Waals surface area contributed by atoms with Gasteiger partial charge in [-0.05, 0) is 25.1 Å². The van der Waals surface area contributed by atoms with Gasteiger partial charge in [0.25, 0.3) is 0 Å². The van der Waals surface area contributed by atoms with Gasteiger partial charge >= 0.3 is 5.97 Å². The summed E-state index contributed by atoms with van der Waals surface area (Å²) >= 11 is 7.74. The Balaban J connectivity index is 2.23. The molecule has 0 aliphatic carbocycles. The molecule has 1 N–H and O–H groups in total. The molecule has 1 heterocycles. The molecule has 0 amide bonds. The number of hydrogen-bond donors (Lipinski definition) is 1. The number of benzene rings is 1. The van der Waals surface area contributed by atoms with Crippen LogP contribution < -0.4 is 4.90 Å². The molecule has 0 saturated carbocycles. The largest absolute Gasteiger partial charge is 0.481 e. The first kappa shape index (κ1) is 12.6. The average molecular weight is 272 g/mol. The zero-order chi connectivity index (χ0) is 12.4. The lowest BCUT2D eigenvalue weighted by atomic mass is 10.2. The third-order valence-corrected chi connectivity index (χ3v) is 4.33. The number of hydrogen-bond acceptors (Lipinski definition) is 3. The highest BCUT2D eigenvalue weighted by Crippen LogP contribution is 2.38. The summed E-state index contributed by atoms with van der Waals surface area (Å²) in [6.07, 6.45) is 0.164. The summed E-state index contributed by atoms with van der Waals surface area (Å²) in [5.41, 5.74) is 1.10. The van der Waals surface area contributed by atoms with E-state index in [-0.39, 0.29) is 6.42 Å². The highest BCUT2D eigenvalue weighted by atomic mass is 35.5. The van der Waals surface area contributed by atoms with Crippen molar-refractivity contribution < 1.29 is 9.90 Å². The quantitative estimate of drug-likeness (QED) is 0.917. The first-order valence-corrected chi connectivity index (χ1v) is 6.85. The summed E-state index contributed by atoms with van der Waals surface area (Å²) in [5.74, 6) is 0.207. The Hall–Kier alpha value is -0.870. The lowest BCUT2D eigenvalue weighted by molar-refractivity contribution is -0.136. The van der Waals surface area contributed by atoms with E-state index in [0.29, 0.717) is 12.6 Å². The van der Waals surface area contributed by atoms with E-state index in [1.54, 1.807) is 11.8 Å². The topological polar surface area (TPSA) is 40.5 Å². The van der Waals surface area contributed by atoms with E-state index in [1.807, 2.05) is 18.2 Å². The first-order chi connectivity index (χ1) is 8.08. The normalized spacial score (nSPS) is 18.9. The second kappa shape index (κ2) is 5.19. The molecule has 5 heteroatoms. The van der Waals surface area contributed by atoms with Gasteiger partial charge in [0.1, 0.15) is 0 Å². The number of carboxylic acids is 1. The molecule has 0 radical (unpaired) electrons. The maximum Gasteiger partial charge on any atom is 0.305 e. The van der Waals surface area contributed by atoms with Crippen LogP contribution in [0.3, 0.4) is 0 Å². The fourth-order valence-electron chi connectivity index (χ4n) is 1.94. The molecule has 0 fully saturated rings. The van der Waals surface area contributed by atoms with Crippen LogP contribution in [-0.2, 0) is 4.79 Å². The first-order valence-electron chi connectivity index (χ1n) is 5.48. The van der Waals surface area contributed by atoms with Gasteiger partial charge in [0.2, 0.25) is 0 Å². The third-order valence-electron chi connectivity index (χ3n) is 2.81. The van der Waals surface area contributed by atoms with Gasteiger partial charge in [-0.3, -0.25) is 4.79 Å². The van der Waals surface area contributed by atoms with E-state index in [9.17, 15) is 4.79 Å². The average Bonchev–Trinajstić information content (AvgIpc) is 2.27. The van der Waals surface area contributed by atoms with Crippen molar-refractivity contribution in [3.05, 3.63) is 23.2 Å². The van der Waals surface area contributed by atoms with Crippen LogP contribution in [0.25, 0.3) is 0 Å². The number of anilines is 1. The molecule has 1 aliphatic heterocycles. The minimum absolute atomic E-state index is 0.164. The maximum absolute atomic E-state index is 10.7. The van der Waals surface area contributed by atoms with Crippen LogP contribution in [0.4, 0.5) is 5.69 Å². The van der Waals surface area contributed by atoms with E-state index in [0.717, 1.165) is 21.4 Å². The molecule has 1 unspecified atom stereocenters. The van der Waals surface area contributed by atoms with E-state index in [4.69, 9.17) is 16.7 Å². The van der Waals surface area contributed by atoms with Gasteiger partial charge in [0.15, 0.2) is 0 Å². The van der Waals surface area contributed by atoms with Crippen LogP contribution in [-0.4, -0.2) is 29.4 Å². The standard InChI is InChI=1S/C12H14ClNO2S/c1-8-7-17-11-6-9(13)2-3-10(11)14(8)5-4-12(15)16/h2-3,6,8H,4-5,7H2,1H3,(H,15,16). The number of carbonyl (C=O) groups is 1. The highest BCUT2D eigenvalue weighted by Gasteiger charge is 2.23. The molecule has 3 nitrogen and oxygen atoms in total. The fraction of sp³-hybridized carbons (Fsp3) is 0.417. The van der Waals surface area contributed by atoms with Crippen molar-refractivity contribution in [3.8, 4) is 0 Å². The number of nitrogens with zero attached hydrogens (tertiary/aromatic N) is 1. The zero-order valence-corrected chi connectivity index (χ0v) is 11.1. The molecule has 1 aromatic carbocycles. The van der Waals surface area contributed by atoms with Gasteiger partial charge in [0, 0.05) is 28.3 Å². The van der Waals surface area contributed by atoms with Gasteiger partial charge in [-0.1, -0.05) is 11.6 Å². The molecule has 1 aliphatic rings. The summed E-state index contributed by atoms with van der Waals surface area (Å²) < 4.78 is 0. The third kappa shape index (κ3) is 2.87. The number of carboxylic acid groups (broad SMARTS) is 1. The maximum atomic E-state index is 10.7. The summed E-state index contributed by atoms with van der Waals surface area (Å²) in [5, 5.41) is 9.50. The van der Waals surface area contributed by atoms with E-state index in [2.05, 4.69) is 11.8 Å². The Morgan fingerprint density at radius 1 is 1.65 bits per heavy atom. The Kier molecular flexibility index (Phi) is 3.84. The van der Waals surface area contributed by atoms with Crippen LogP contribution >= 0.6 is 23.4 Å². The molecule has 0 bridgehead atoms. The van der Waals surface area contributed by atoms with Crippen molar-refractivity contribution in [1.82, 2.24) is 0 Å². The van der Waals surface area contributed by atoms with Crippen LogP contribution in [0, 0.1) is 0 Å². The Labute approximate surface area is 110 Å². The lowest BCUT2D eigenvalue weighted by Crippen LogP contribution is -2.39. The number of halogens is 1. The number of aliphatic carboxylic acids is 1. The summed E-state index contributed by atoms with van der Waals surface area (Å²) in [7, 11) is 0. The summed E-state index contributed by atoms with van der Waals surface area (Å²) in [6, 6.07) is 6.13. The predicted octanol–water partition coefficient (Wildman–Crippen LogP) is 3.12. The molecule has 0 saturated heterocycles. The van der Waals surface area contributed by atoms with Gasteiger partial charge in [-0.2, -0.15) is 0 Å². The van der Waals surface area contributed by atoms with Gasteiger partial charge in [0.05, 0.1) is 12.1 Å². The van der Waals surface area contributed by atoms with Gasteiger partial charge < -0.3 is 10.0 Å². The molecular weight excluding hydrogens is 258 g/mol. The summed E-state index contributed by atoms with van der Waals surface area (Å²) in [6.45, 7) is 2.66. The van der Waals surface area contributed by atoms with Crippen molar-refractivity contribution in [2.75, 3.05) is 17.2 Å².